The second kappa shape index (κ2) is 6.45. The van der Waals surface area contributed by atoms with E-state index < -0.39 is 5.54 Å². The van der Waals surface area contributed by atoms with Crippen LogP contribution in [-0.2, 0) is 5.54 Å². The molecule has 1 aliphatic rings. The molecule has 1 atom stereocenters. The lowest BCUT2D eigenvalue weighted by Crippen LogP contribution is -2.49. The average Bonchev–Trinajstić information content (AvgIpc) is 2.39. The van der Waals surface area contributed by atoms with Crippen molar-refractivity contribution in [1.29, 1.82) is 0 Å². The smallest absolute Gasteiger partial charge is 0.0657 e. The van der Waals surface area contributed by atoms with E-state index in [-0.39, 0.29) is 6.61 Å². The fraction of sp³-hybridized carbons (Fsp3) is 0.600. The Bertz CT molecular complexity index is 432. The van der Waals surface area contributed by atoms with Gasteiger partial charge >= 0.3 is 0 Å². The monoisotopic (exact) mass is 301 g/mol. The van der Waals surface area contributed by atoms with Crippen molar-refractivity contribution in [2.45, 2.75) is 50.6 Å². The summed E-state index contributed by atoms with van der Waals surface area (Å²) in [6.07, 6.45) is 6.17. The van der Waals surface area contributed by atoms with E-state index in [0.29, 0.717) is 16.1 Å². The van der Waals surface area contributed by atoms with Crippen molar-refractivity contribution in [1.82, 2.24) is 5.32 Å². The summed E-state index contributed by atoms with van der Waals surface area (Å²) in [6.45, 7) is 2.02. The number of benzene rings is 1. The van der Waals surface area contributed by atoms with Crippen LogP contribution in [0.5, 0.6) is 0 Å². The fourth-order valence-electron chi connectivity index (χ4n) is 2.84. The number of nitrogens with one attached hydrogen (secondary N) is 1. The van der Waals surface area contributed by atoms with E-state index >= 15 is 0 Å². The van der Waals surface area contributed by atoms with Gasteiger partial charge in [-0.05, 0) is 37.5 Å². The number of halogens is 2. The number of rotatable bonds is 4. The Morgan fingerprint density at radius 2 is 1.95 bits per heavy atom. The predicted octanol–water partition coefficient (Wildman–Crippen LogP) is 4.12. The van der Waals surface area contributed by atoms with Crippen LogP contribution in [0, 0.1) is 0 Å². The van der Waals surface area contributed by atoms with Crippen molar-refractivity contribution in [2.24, 2.45) is 0 Å². The molecule has 0 amide bonds. The summed E-state index contributed by atoms with van der Waals surface area (Å²) in [7, 11) is 0. The Labute approximate surface area is 125 Å². The third-order valence-corrected chi connectivity index (χ3v) is 4.52. The minimum absolute atomic E-state index is 0.0187. The summed E-state index contributed by atoms with van der Waals surface area (Å²) in [5, 5.41) is 14.6. The van der Waals surface area contributed by atoms with Crippen LogP contribution >= 0.6 is 23.2 Å². The lowest BCUT2D eigenvalue weighted by atomic mass is 9.88. The molecule has 4 heteroatoms. The van der Waals surface area contributed by atoms with Gasteiger partial charge in [0.05, 0.1) is 12.1 Å². The molecule has 106 valence electrons. The van der Waals surface area contributed by atoms with Gasteiger partial charge in [-0.15, -0.1) is 0 Å². The minimum atomic E-state index is -0.510. The fourth-order valence-corrected chi connectivity index (χ4v) is 3.46. The maximum Gasteiger partial charge on any atom is 0.0657 e. The Balaban J connectivity index is 2.20. The van der Waals surface area contributed by atoms with Crippen LogP contribution in [-0.4, -0.2) is 17.8 Å². The van der Waals surface area contributed by atoms with Gasteiger partial charge in [-0.1, -0.05) is 48.5 Å². The SMILES string of the molecule is CC(CO)(NC1CCCCC1)c1ccc(Cl)cc1Cl. The molecular weight excluding hydrogens is 281 g/mol. The second-order valence-corrected chi connectivity index (χ2v) is 6.44. The maximum atomic E-state index is 9.81. The summed E-state index contributed by atoms with van der Waals surface area (Å²) < 4.78 is 0. The van der Waals surface area contributed by atoms with Gasteiger partial charge in [0.15, 0.2) is 0 Å². The van der Waals surface area contributed by atoms with E-state index in [1.54, 1.807) is 6.07 Å². The Kier molecular flexibility index (Phi) is 5.13. The Hall–Kier alpha value is -0.280. The van der Waals surface area contributed by atoms with Crippen LogP contribution < -0.4 is 5.32 Å². The van der Waals surface area contributed by atoms with Crippen LogP contribution in [0.15, 0.2) is 18.2 Å². The third kappa shape index (κ3) is 3.63. The second-order valence-electron chi connectivity index (χ2n) is 5.59. The molecule has 2 nitrogen and oxygen atoms in total. The summed E-state index contributed by atoms with van der Waals surface area (Å²) in [4.78, 5) is 0. The Morgan fingerprint density at radius 3 is 2.53 bits per heavy atom. The van der Waals surface area contributed by atoms with E-state index in [1.165, 1.54) is 32.1 Å². The molecule has 1 aromatic carbocycles. The van der Waals surface area contributed by atoms with E-state index in [4.69, 9.17) is 23.2 Å². The highest BCUT2D eigenvalue weighted by molar-refractivity contribution is 6.35. The number of hydrogen-bond acceptors (Lipinski definition) is 2. The molecule has 1 aliphatic carbocycles. The third-order valence-electron chi connectivity index (χ3n) is 3.97. The van der Waals surface area contributed by atoms with Crippen LogP contribution in [0.4, 0.5) is 0 Å². The number of aliphatic hydroxyl groups excluding tert-OH is 1. The predicted molar refractivity (Wildman–Crippen MR) is 80.9 cm³/mol. The molecule has 0 bridgehead atoms. The molecule has 1 aromatic rings. The molecule has 0 aliphatic heterocycles. The Morgan fingerprint density at radius 1 is 1.26 bits per heavy atom. The zero-order valence-corrected chi connectivity index (χ0v) is 12.8. The normalized spacial score (nSPS) is 20.2. The first kappa shape index (κ1) is 15.1. The van der Waals surface area contributed by atoms with E-state index in [9.17, 15) is 5.11 Å². The van der Waals surface area contributed by atoms with Crippen molar-refractivity contribution < 1.29 is 5.11 Å². The van der Waals surface area contributed by atoms with Crippen LogP contribution in [0.25, 0.3) is 0 Å². The number of hydrogen-bond donors (Lipinski definition) is 2. The van der Waals surface area contributed by atoms with Crippen molar-refractivity contribution in [3.05, 3.63) is 33.8 Å². The molecule has 0 aromatic heterocycles. The molecule has 2 N–H and O–H groups in total. The standard InChI is InChI=1S/C15H21Cl2NO/c1-15(10-19,18-12-5-3-2-4-6-12)13-8-7-11(16)9-14(13)17/h7-9,12,18-19H,2-6,10H2,1H3. The van der Waals surface area contributed by atoms with Crippen molar-refractivity contribution >= 4 is 23.2 Å². The first-order valence-electron chi connectivity index (χ1n) is 6.89. The van der Waals surface area contributed by atoms with Gasteiger partial charge in [0.25, 0.3) is 0 Å². The molecule has 1 unspecified atom stereocenters. The van der Waals surface area contributed by atoms with E-state index in [2.05, 4.69) is 5.32 Å². The van der Waals surface area contributed by atoms with Crippen LogP contribution in [0.2, 0.25) is 10.0 Å². The zero-order valence-electron chi connectivity index (χ0n) is 11.3. The highest BCUT2D eigenvalue weighted by Gasteiger charge is 2.31. The lowest BCUT2D eigenvalue weighted by Gasteiger charge is -2.36. The molecule has 19 heavy (non-hydrogen) atoms. The van der Waals surface area contributed by atoms with Crippen LogP contribution in [0.3, 0.4) is 0 Å². The highest BCUT2D eigenvalue weighted by Crippen LogP contribution is 2.32. The quantitative estimate of drug-likeness (QED) is 0.876. The van der Waals surface area contributed by atoms with E-state index in [0.717, 1.165) is 5.56 Å². The first-order valence-corrected chi connectivity index (χ1v) is 7.65. The van der Waals surface area contributed by atoms with Gasteiger partial charge in [-0.3, -0.25) is 0 Å². The summed E-state index contributed by atoms with van der Waals surface area (Å²) in [5.41, 5.74) is 0.399. The summed E-state index contributed by atoms with van der Waals surface area (Å²) in [6, 6.07) is 5.91. The molecule has 2 rings (SSSR count). The van der Waals surface area contributed by atoms with Crippen LogP contribution in [0.1, 0.15) is 44.6 Å². The molecule has 0 spiro atoms. The summed E-state index contributed by atoms with van der Waals surface area (Å²) >= 11 is 12.2. The topological polar surface area (TPSA) is 32.3 Å². The molecule has 0 heterocycles. The van der Waals surface area contributed by atoms with Gasteiger partial charge in [-0.2, -0.15) is 0 Å². The van der Waals surface area contributed by atoms with E-state index in [1.807, 2.05) is 19.1 Å². The molecule has 0 radical (unpaired) electrons. The first-order chi connectivity index (χ1) is 9.05. The zero-order chi connectivity index (χ0) is 13.9. The average molecular weight is 302 g/mol. The molecular formula is C15H21Cl2NO. The maximum absolute atomic E-state index is 9.81. The summed E-state index contributed by atoms with van der Waals surface area (Å²) in [5.74, 6) is 0. The molecule has 1 fully saturated rings. The van der Waals surface area contributed by atoms with Gasteiger partial charge in [-0.25, -0.2) is 0 Å². The lowest BCUT2D eigenvalue weighted by molar-refractivity contribution is 0.151. The van der Waals surface area contributed by atoms with Crippen molar-refractivity contribution in [3.8, 4) is 0 Å². The minimum Gasteiger partial charge on any atom is -0.394 e. The van der Waals surface area contributed by atoms with Gasteiger partial charge < -0.3 is 10.4 Å². The van der Waals surface area contributed by atoms with Crippen molar-refractivity contribution in [3.63, 3.8) is 0 Å². The molecule has 0 saturated heterocycles. The number of aliphatic hydroxyl groups is 1. The molecule has 1 saturated carbocycles. The highest BCUT2D eigenvalue weighted by atomic mass is 35.5. The largest absolute Gasteiger partial charge is 0.394 e. The van der Waals surface area contributed by atoms with Gasteiger partial charge in [0, 0.05) is 16.1 Å². The van der Waals surface area contributed by atoms with Gasteiger partial charge in [0.2, 0.25) is 0 Å². The van der Waals surface area contributed by atoms with Gasteiger partial charge in [0.1, 0.15) is 0 Å². The van der Waals surface area contributed by atoms with Crippen molar-refractivity contribution in [2.75, 3.05) is 6.61 Å².